The number of hydrogen-bond acceptors (Lipinski definition) is 2. The van der Waals surface area contributed by atoms with Crippen molar-refractivity contribution in [2.45, 2.75) is 46.1 Å². The highest BCUT2D eigenvalue weighted by Gasteiger charge is 2.21. The molecule has 0 bridgehead atoms. The van der Waals surface area contributed by atoms with Crippen LogP contribution in [0.1, 0.15) is 50.8 Å². The van der Waals surface area contributed by atoms with Crippen LogP contribution in [-0.4, -0.2) is 31.1 Å². The second kappa shape index (κ2) is 7.80. The second-order valence-electron chi connectivity index (χ2n) is 6.17. The van der Waals surface area contributed by atoms with Crippen molar-refractivity contribution in [1.82, 2.24) is 10.2 Å². The first kappa shape index (κ1) is 15.5. The van der Waals surface area contributed by atoms with Gasteiger partial charge in [-0.05, 0) is 56.4 Å². The molecule has 0 spiro atoms. The molecule has 0 amide bonds. The number of nitrogens with one attached hydrogen (secondary N) is 1. The topological polar surface area (TPSA) is 15.3 Å². The van der Waals surface area contributed by atoms with Crippen LogP contribution in [0.3, 0.4) is 0 Å². The van der Waals surface area contributed by atoms with Crippen molar-refractivity contribution in [2.75, 3.05) is 26.2 Å². The lowest BCUT2D eigenvalue weighted by atomic mass is 10.0. The first-order valence-electron chi connectivity index (χ1n) is 8.27. The summed E-state index contributed by atoms with van der Waals surface area (Å²) in [6.45, 7) is 11.7. The Morgan fingerprint density at radius 3 is 2.60 bits per heavy atom. The Bertz CT molecular complexity index is 385. The molecule has 1 aliphatic rings. The van der Waals surface area contributed by atoms with E-state index in [2.05, 4.69) is 55.3 Å². The van der Waals surface area contributed by atoms with Crippen LogP contribution in [0.15, 0.2) is 24.3 Å². The fourth-order valence-corrected chi connectivity index (χ4v) is 3.09. The van der Waals surface area contributed by atoms with E-state index in [0.717, 1.165) is 12.5 Å². The summed E-state index contributed by atoms with van der Waals surface area (Å²) in [6, 6.07) is 9.60. The predicted molar refractivity (Wildman–Crippen MR) is 87.1 cm³/mol. The fourth-order valence-electron chi connectivity index (χ4n) is 3.09. The fraction of sp³-hybridized carbons (Fsp3) is 0.667. The third-order valence-corrected chi connectivity index (χ3v) is 4.55. The van der Waals surface area contributed by atoms with Crippen LogP contribution in [0.25, 0.3) is 0 Å². The first-order chi connectivity index (χ1) is 9.72. The van der Waals surface area contributed by atoms with Gasteiger partial charge in [0, 0.05) is 12.6 Å². The summed E-state index contributed by atoms with van der Waals surface area (Å²) in [7, 11) is 0. The quantitative estimate of drug-likeness (QED) is 0.817. The Hall–Kier alpha value is -0.860. The summed E-state index contributed by atoms with van der Waals surface area (Å²) in [4.78, 5) is 2.55. The lowest BCUT2D eigenvalue weighted by molar-refractivity contribution is 0.336. The zero-order valence-corrected chi connectivity index (χ0v) is 13.4. The molecule has 2 heteroatoms. The average Bonchev–Trinajstić information content (AvgIpc) is 2.94. The SMILES string of the molecule is CCCc1ccc(C(C)NCC2CCN(CC)C2)cc1. The smallest absolute Gasteiger partial charge is 0.0291 e. The Morgan fingerprint density at radius 1 is 1.25 bits per heavy atom. The molecule has 0 aliphatic carbocycles. The van der Waals surface area contributed by atoms with Gasteiger partial charge in [-0.3, -0.25) is 0 Å². The molecule has 2 atom stereocenters. The lowest BCUT2D eigenvalue weighted by Crippen LogP contribution is -2.28. The molecule has 0 saturated carbocycles. The molecule has 20 heavy (non-hydrogen) atoms. The molecule has 0 radical (unpaired) electrons. The van der Waals surface area contributed by atoms with Gasteiger partial charge in [-0.25, -0.2) is 0 Å². The van der Waals surface area contributed by atoms with Gasteiger partial charge in [-0.2, -0.15) is 0 Å². The maximum atomic E-state index is 3.71. The average molecular weight is 274 g/mol. The van der Waals surface area contributed by atoms with E-state index in [1.165, 1.54) is 50.0 Å². The highest BCUT2D eigenvalue weighted by Crippen LogP contribution is 2.18. The summed E-state index contributed by atoms with van der Waals surface area (Å²) < 4.78 is 0. The number of likely N-dealkylation sites (tertiary alicyclic amines) is 1. The van der Waals surface area contributed by atoms with Gasteiger partial charge in [0.05, 0.1) is 0 Å². The van der Waals surface area contributed by atoms with Crippen molar-refractivity contribution in [3.63, 3.8) is 0 Å². The van der Waals surface area contributed by atoms with Crippen LogP contribution in [-0.2, 0) is 6.42 Å². The summed E-state index contributed by atoms with van der Waals surface area (Å²) >= 11 is 0. The van der Waals surface area contributed by atoms with Gasteiger partial charge < -0.3 is 10.2 Å². The van der Waals surface area contributed by atoms with E-state index in [-0.39, 0.29) is 0 Å². The van der Waals surface area contributed by atoms with Gasteiger partial charge in [0.1, 0.15) is 0 Å². The predicted octanol–water partition coefficient (Wildman–Crippen LogP) is 3.63. The van der Waals surface area contributed by atoms with E-state index < -0.39 is 0 Å². The van der Waals surface area contributed by atoms with Crippen LogP contribution in [0.4, 0.5) is 0 Å². The van der Waals surface area contributed by atoms with Gasteiger partial charge in [0.15, 0.2) is 0 Å². The molecule has 1 aromatic rings. The number of aryl methyl sites for hydroxylation is 1. The van der Waals surface area contributed by atoms with E-state index in [1.54, 1.807) is 0 Å². The molecule has 1 aliphatic heterocycles. The molecule has 1 N–H and O–H groups in total. The molecule has 1 fully saturated rings. The Kier molecular flexibility index (Phi) is 6.06. The zero-order chi connectivity index (χ0) is 14.4. The van der Waals surface area contributed by atoms with Crippen molar-refractivity contribution in [3.8, 4) is 0 Å². The minimum absolute atomic E-state index is 0.460. The Balaban J connectivity index is 1.78. The largest absolute Gasteiger partial charge is 0.310 e. The molecule has 112 valence electrons. The maximum Gasteiger partial charge on any atom is 0.0291 e. The summed E-state index contributed by atoms with van der Waals surface area (Å²) in [5.74, 6) is 0.830. The standard InChI is InChI=1S/C18H30N2/c1-4-6-16-7-9-18(10-8-16)15(3)19-13-17-11-12-20(5-2)14-17/h7-10,15,17,19H,4-6,11-14H2,1-3H3. The number of hydrogen-bond donors (Lipinski definition) is 1. The van der Waals surface area contributed by atoms with E-state index in [9.17, 15) is 0 Å². The molecular weight excluding hydrogens is 244 g/mol. The molecule has 0 aromatic heterocycles. The van der Waals surface area contributed by atoms with Crippen molar-refractivity contribution in [1.29, 1.82) is 0 Å². The van der Waals surface area contributed by atoms with E-state index in [4.69, 9.17) is 0 Å². The van der Waals surface area contributed by atoms with Crippen molar-refractivity contribution >= 4 is 0 Å². The van der Waals surface area contributed by atoms with E-state index >= 15 is 0 Å². The molecule has 1 saturated heterocycles. The summed E-state index contributed by atoms with van der Waals surface area (Å²) in [5, 5.41) is 3.71. The van der Waals surface area contributed by atoms with Crippen LogP contribution in [0.5, 0.6) is 0 Å². The maximum absolute atomic E-state index is 3.71. The van der Waals surface area contributed by atoms with Gasteiger partial charge >= 0.3 is 0 Å². The minimum Gasteiger partial charge on any atom is -0.310 e. The summed E-state index contributed by atoms with van der Waals surface area (Å²) in [6.07, 6.45) is 3.77. The van der Waals surface area contributed by atoms with Gasteiger partial charge in [0.2, 0.25) is 0 Å². The highest BCUT2D eigenvalue weighted by molar-refractivity contribution is 5.24. The molecule has 1 aromatic carbocycles. The number of nitrogens with zero attached hydrogens (tertiary/aromatic N) is 1. The second-order valence-corrected chi connectivity index (χ2v) is 6.17. The summed E-state index contributed by atoms with van der Waals surface area (Å²) in [5.41, 5.74) is 2.87. The van der Waals surface area contributed by atoms with Crippen LogP contribution >= 0.6 is 0 Å². The number of rotatable bonds is 7. The van der Waals surface area contributed by atoms with E-state index in [1.807, 2.05) is 0 Å². The highest BCUT2D eigenvalue weighted by atomic mass is 15.1. The van der Waals surface area contributed by atoms with Crippen LogP contribution < -0.4 is 5.32 Å². The normalized spacial score (nSPS) is 21.2. The van der Waals surface area contributed by atoms with Crippen molar-refractivity contribution in [2.24, 2.45) is 5.92 Å². The third-order valence-electron chi connectivity index (χ3n) is 4.55. The molecule has 2 unspecified atom stereocenters. The van der Waals surface area contributed by atoms with E-state index in [0.29, 0.717) is 6.04 Å². The van der Waals surface area contributed by atoms with Crippen LogP contribution in [0, 0.1) is 5.92 Å². The monoisotopic (exact) mass is 274 g/mol. The molecule has 1 heterocycles. The Labute approximate surface area is 124 Å². The van der Waals surface area contributed by atoms with Crippen LogP contribution in [0.2, 0.25) is 0 Å². The molecule has 2 rings (SSSR count). The Morgan fingerprint density at radius 2 is 2.00 bits per heavy atom. The van der Waals surface area contributed by atoms with Gasteiger partial charge in [-0.1, -0.05) is 44.5 Å². The lowest BCUT2D eigenvalue weighted by Gasteiger charge is -2.18. The van der Waals surface area contributed by atoms with Crippen molar-refractivity contribution in [3.05, 3.63) is 35.4 Å². The zero-order valence-electron chi connectivity index (χ0n) is 13.4. The minimum atomic E-state index is 0.460. The molecular formula is C18H30N2. The number of benzene rings is 1. The third kappa shape index (κ3) is 4.32. The van der Waals surface area contributed by atoms with Crippen molar-refractivity contribution < 1.29 is 0 Å². The van der Waals surface area contributed by atoms with Gasteiger partial charge in [0.25, 0.3) is 0 Å². The van der Waals surface area contributed by atoms with Gasteiger partial charge in [-0.15, -0.1) is 0 Å². The molecule has 2 nitrogen and oxygen atoms in total. The first-order valence-corrected chi connectivity index (χ1v) is 8.27.